The zero-order valence-electron chi connectivity index (χ0n) is 16.9. The van der Waals surface area contributed by atoms with Gasteiger partial charge in [-0.1, -0.05) is 24.8 Å². The van der Waals surface area contributed by atoms with Crippen LogP contribution < -0.4 is 9.64 Å². The fraction of sp³-hybridized carbons (Fsp3) is 0.333. The third kappa shape index (κ3) is 3.65. The van der Waals surface area contributed by atoms with E-state index in [0.29, 0.717) is 23.7 Å². The first-order valence-electron chi connectivity index (χ1n) is 10.1. The normalized spacial score (nSPS) is 16.6. The molecule has 1 aliphatic carbocycles. The molecule has 2 aromatic rings. The molecule has 1 fully saturated rings. The molecule has 0 N–H and O–H groups in total. The Morgan fingerprint density at radius 2 is 1.83 bits per heavy atom. The Labute approximate surface area is 171 Å². The molecule has 1 heterocycles. The average molecular weight is 390 g/mol. The van der Waals surface area contributed by atoms with E-state index in [4.69, 9.17) is 4.74 Å². The first-order chi connectivity index (χ1) is 14.0. The third-order valence-electron chi connectivity index (χ3n) is 5.92. The minimum Gasteiger partial charge on any atom is -0.497 e. The Kier molecular flexibility index (Phi) is 5.14. The van der Waals surface area contributed by atoms with Gasteiger partial charge < -0.3 is 14.5 Å². The van der Waals surface area contributed by atoms with Gasteiger partial charge in [-0.15, -0.1) is 0 Å². The number of hydrogen-bond donors (Lipinski definition) is 0. The van der Waals surface area contributed by atoms with Gasteiger partial charge in [-0.3, -0.25) is 9.59 Å². The van der Waals surface area contributed by atoms with Crippen molar-refractivity contribution in [2.24, 2.45) is 5.92 Å². The summed E-state index contributed by atoms with van der Waals surface area (Å²) < 4.78 is 5.24. The number of carbonyl (C=O) groups is 2. The predicted octanol–water partition coefficient (Wildman–Crippen LogP) is 4.34. The SMILES string of the molecule is C=C1c2ccccc2C(=O)N1CCC(=O)N(c1ccc(OC)cc1)C(C)C1CC1. The molecule has 5 nitrogen and oxygen atoms in total. The zero-order chi connectivity index (χ0) is 20.5. The number of fused-ring (bicyclic) bond motifs is 1. The van der Waals surface area contributed by atoms with E-state index in [-0.39, 0.29) is 24.3 Å². The van der Waals surface area contributed by atoms with Crippen LogP contribution in [0.1, 0.15) is 42.1 Å². The summed E-state index contributed by atoms with van der Waals surface area (Å²) >= 11 is 0. The van der Waals surface area contributed by atoms with Gasteiger partial charge in [0, 0.05) is 41.5 Å². The molecule has 2 aliphatic rings. The van der Waals surface area contributed by atoms with Crippen LogP contribution in [0, 0.1) is 5.92 Å². The topological polar surface area (TPSA) is 49.9 Å². The Balaban J connectivity index is 1.50. The number of hydrogen-bond acceptors (Lipinski definition) is 3. The minimum atomic E-state index is -0.0790. The van der Waals surface area contributed by atoms with E-state index in [1.54, 1.807) is 12.0 Å². The molecule has 4 rings (SSSR count). The van der Waals surface area contributed by atoms with Crippen LogP contribution >= 0.6 is 0 Å². The quantitative estimate of drug-likeness (QED) is 0.706. The summed E-state index contributed by atoms with van der Waals surface area (Å²) in [5.74, 6) is 1.24. The van der Waals surface area contributed by atoms with Crippen molar-refractivity contribution < 1.29 is 14.3 Å². The van der Waals surface area contributed by atoms with Crippen LogP contribution in [0.5, 0.6) is 5.75 Å². The van der Waals surface area contributed by atoms with Crippen molar-refractivity contribution in [3.8, 4) is 5.75 Å². The lowest BCUT2D eigenvalue weighted by atomic mass is 10.1. The number of amides is 2. The molecular weight excluding hydrogens is 364 g/mol. The second-order valence-electron chi connectivity index (χ2n) is 7.74. The van der Waals surface area contributed by atoms with E-state index in [9.17, 15) is 9.59 Å². The third-order valence-corrected chi connectivity index (χ3v) is 5.92. The van der Waals surface area contributed by atoms with Crippen LogP contribution in [0.25, 0.3) is 5.70 Å². The van der Waals surface area contributed by atoms with Crippen LogP contribution in [0.2, 0.25) is 0 Å². The predicted molar refractivity (Wildman–Crippen MR) is 114 cm³/mol. The highest BCUT2D eigenvalue weighted by Gasteiger charge is 2.36. The van der Waals surface area contributed by atoms with E-state index in [1.807, 2.05) is 53.4 Å². The van der Waals surface area contributed by atoms with Crippen molar-refractivity contribution in [3.05, 3.63) is 66.2 Å². The van der Waals surface area contributed by atoms with Gasteiger partial charge in [0.2, 0.25) is 5.91 Å². The fourth-order valence-electron chi connectivity index (χ4n) is 4.04. The molecule has 1 aliphatic heterocycles. The second kappa shape index (κ2) is 7.74. The lowest BCUT2D eigenvalue weighted by molar-refractivity contribution is -0.119. The first-order valence-corrected chi connectivity index (χ1v) is 10.1. The van der Waals surface area contributed by atoms with Crippen molar-refractivity contribution >= 4 is 23.2 Å². The number of anilines is 1. The summed E-state index contributed by atoms with van der Waals surface area (Å²) in [7, 11) is 1.63. The van der Waals surface area contributed by atoms with E-state index >= 15 is 0 Å². The summed E-state index contributed by atoms with van der Waals surface area (Å²) in [6, 6.07) is 15.2. The Bertz CT molecular complexity index is 912. The molecule has 5 heteroatoms. The summed E-state index contributed by atoms with van der Waals surface area (Å²) in [6.07, 6.45) is 2.55. The molecule has 0 saturated heterocycles. The fourth-order valence-corrected chi connectivity index (χ4v) is 4.04. The van der Waals surface area contributed by atoms with Gasteiger partial charge in [0.15, 0.2) is 0 Å². The van der Waals surface area contributed by atoms with Gasteiger partial charge in [0.25, 0.3) is 5.91 Å². The van der Waals surface area contributed by atoms with Crippen LogP contribution in [-0.4, -0.2) is 36.4 Å². The van der Waals surface area contributed by atoms with Crippen molar-refractivity contribution in [1.29, 1.82) is 0 Å². The number of methoxy groups -OCH3 is 1. The average Bonchev–Trinajstić information content (AvgIpc) is 3.56. The summed E-state index contributed by atoms with van der Waals surface area (Å²) in [5, 5.41) is 0. The molecule has 2 aromatic carbocycles. The van der Waals surface area contributed by atoms with Crippen LogP contribution in [-0.2, 0) is 4.79 Å². The number of nitrogens with zero attached hydrogens (tertiary/aromatic N) is 2. The lowest BCUT2D eigenvalue weighted by Crippen LogP contribution is -2.41. The van der Waals surface area contributed by atoms with Gasteiger partial charge in [0.05, 0.1) is 7.11 Å². The van der Waals surface area contributed by atoms with E-state index in [0.717, 1.165) is 29.8 Å². The molecular formula is C24H26N2O3. The Morgan fingerprint density at radius 3 is 2.41 bits per heavy atom. The summed E-state index contributed by atoms with van der Waals surface area (Å²) in [4.78, 5) is 29.5. The monoisotopic (exact) mass is 390 g/mol. The molecule has 0 radical (unpaired) electrons. The van der Waals surface area contributed by atoms with Crippen molar-refractivity contribution in [3.63, 3.8) is 0 Å². The Hall–Kier alpha value is -3.08. The molecule has 0 spiro atoms. The molecule has 29 heavy (non-hydrogen) atoms. The van der Waals surface area contributed by atoms with E-state index in [1.165, 1.54) is 0 Å². The molecule has 0 bridgehead atoms. The molecule has 1 unspecified atom stereocenters. The van der Waals surface area contributed by atoms with Crippen LogP contribution in [0.4, 0.5) is 5.69 Å². The van der Waals surface area contributed by atoms with Gasteiger partial charge in [-0.25, -0.2) is 0 Å². The molecule has 150 valence electrons. The minimum absolute atomic E-state index is 0.0196. The molecule has 2 amide bonds. The maximum Gasteiger partial charge on any atom is 0.258 e. The van der Waals surface area contributed by atoms with Gasteiger partial charge in [-0.2, -0.15) is 0 Å². The highest BCUT2D eigenvalue weighted by molar-refractivity contribution is 6.09. The highest BCUT2D eigenvalue weighted by atomic mass is 16.5. The zero-order valence-corrected chi connectivity index (χ0v) is 16.9. The standard InChI is InChI=1S/C24H26N2O3/c1-16(18-8-9-18)26(19-10-12-20(29-3)13-11-19)23(27)14-15-25-17(2)21-6-4-5-7-22(21)24(25)28/h4-7,10-13,16,18H,2,8-9,14-15H2,1,3H3. The van der Waals surface area contributed by atoms with Gasteiger partial charge >= 0.3 is 0 Å². The van der Waals surface area contributed by atoms with Crippen molar-refractivity contribution in [2.75, 3.05) is 18.6 Å². The lowest BCUT2D eigenvalue weighted by Gasteiger charge is -2.30. The number of benzene rings is 2. The molecule has 0 aromatic heterocycles. The van der Waals surface area contributed by atoms with E-state index in [2.05, 4.69) is 13.5 Å². The number of carbonyl (C=O) groups excluding carboxylic acids is 2. The molecule has 1 saturated carbocycles. The maximum absolute atomic E-state index is 13.2. The second-order valence-corrected chi connectivity index (χ2v) is 7.74. The smallest absolute Gasteiger partial charge is 0.258 e. The maximum atomic E-state index is 13.2. The van der Waals surface area contributed by atoms with Crippen molar-refractivity contribution in [2.45, 2.75) is 32.2 Å². The highest BCUT2D eigenvalue weighted by Crippen LogP contribution is 2.38. The van der Waals surface area contributed by atoms with E-state index < -0.39 is 0 Å². The van der Waals surface area contributed by atoms with Crippen LogP contribution in [0.15, 0.2) is 55.1 Å². The summed E-state index contributed by atoms with van der Waals surface area (Å²) in [6.45, 7) is 6.50. The molecule has 1 atom stereocenters. The van der Waals surface area contributed by atoms with Gasteiger partial charge in [-0.05, 0) is 56.0 Å². The number of rotatable bonds is 7. The van der Waals surface area contributed by atoms with Gasteiger partial charge in [0.1, 0.15) is 5.75 Å². The van der Waals surface area contributed by atoms with Crippen molar-refractivity contribution in [1.82, 2.24) is 4.90 Å². The first kappa shape index (κ1) is 19.2. The Morgan fingerprint density at radius 1 is 1.17 bits per heavy atom. The summed E-state index contributed by atoms with van der Waals surface area (Å²) in [5.41, 5.74) is 3.04. The number of ether oxygens (including phenoxy) is 1. The van der Waals surface area contributed by atoms with Crippen LogP contribution in [0.3, 0.4) is 0 Å². The largest absolute Gasteiger partial charge is 0.497 e.